The number of nitrogens with one attached hydrogen (secondary N) is 1. The number of carbonyl (C=O) groups excluding carboxylic acids is 1. The van der Waals surface area contributed by atoms with Crippen molar-refractivity contribution in [3.8, 4) is 6.07 Å². The van der Waals surface area contributed by atoms with Crippen molar-refractivity contribution in [2.24, 2.45) is 0 Å². The predicted octanol–water partition coefficient (Wildman–Crippen LogP) is 1.34. The summed E-state index contributed by atoms with van der Waals surface area (Å²) in [5.74, 6) is -0.130. The Morgan fingerprint density at radius 3 is 2.75 bits per heavy atom. The number of hydrogen-bond donors (Lipinski definition) is 2. The van der Waals surface area contributed by atoms with E-state index >= 15 is 0 Å². The number of likely N-dealkylation sites (tertiary alicyclic amines) is 1. The fourth-order valence-corrected chi connectivity index (χ4v) is 2.28. The van der Waals surface area contributed by atoms with E-state index in [9.17, 15) is 9.90 Å². The van der Waals surface area contributed by atoms with Gasteiger partial charge in [0, 0.05) is 13.1 Å². The van der Waals surface area contributed by atoms with Gasteiger partial charge in [0.05, 0.1) is 23.4 Å². The maximum absolute atomic E-state index is 12.0. The minimum absolute atomic E-state index is 0.130. The summed E-state index contributed by atoms with van der Waals surface area (Å²) in [4.78, 5) is 14.0. The van der Waals surface area contributed by atoms with E-state index in [0.717, 1.165) is 0 Å². The zero-order valence-electron chi connectivity index (χ0n) is 11.6. The topological polar surface area (TPSA) is 76.4 Å². The van der Waals surface area contributed by atoms with Crippen molar-refractivity contribution in [1.82, 2.24) is 4.90 Å². The van der Waals surface area contributed by atoms with E-state index in [1.807, 2.05) is 11.8 Å². The number of amides is 1. The van der Waals surface area contributed by atoms with Crippen molar-refractivity contribution in [2.45, 2.75) is 25.4 Å². The van der Waals surface area contributed by atoms with Gasteiger partial charge >= 0.3 is 0 Å². The summed E-state index contributed by atoms with van der Waals surface area (Å²) in [6, 6.07) is 9.00. The van der Waals surface area contributed by atoms with E-state index in [1.165, 1.54) is 0 Å². The minimum Gasteiger partial charge on any atom is -0.390 e. The van der Waals surface area contributed by atoms with Crippen LogP contribution in [-0.4, -0.2) is 41.1 Å². The van der Waals surface area contributed by atoms with Gasteiger partial charge in [-0.25, -0.2) is 0 Å². The van der Waals surface area contributed by atoms with Crippen molar-refractivity contribution in [1.29, 1.82) is 5.26 Å². The zero-order chi connectivity index (χ0) is 14.6. The lowest BCUT2D eigenvalue weighted by Crippen LogP contribution is -2.45. The van der Waals surface area contributed by atoms with Gasteiger partial charge in [-0.3, -0.25) is 9.69 Å². The number of nitriles is 1. The molecule has 1 aliphatic rings. The zero-order valence-corrected chi connectivity index (χ0v) is 11.6. The standard InChI is InChI=1S/C15H19N3O2/c1-15(20)6-8-18(9-7-15)11-14(19)17-13-5-3-2-4-12(13)10-16/h2-5,20H,6-9,11H2,1H3,(H,17,19). The highest BCUT2D eigenvalue weighted by atomic mass is 16.3. The smallest absolute Gasteiger partial charge is 0.238 e. The van der Waals surface area contributed by atoms with Crippen LogP contribution in [0.4, 0.5) is 5.69 Å². The molecule has 0 aromatic heterocycles. The van der Waals surface area contributed by atoms with Gasteiger partial charge in [0.25, 0.3) is 0 Å². The Labute approximate surface area is 118 Å². The van der Waals surface area contributed by atoms with Crippen LogP contribution in [0.2, 0.25) is 0 Å². The van der Waals surface area contributed by atoms with Crippen LogP contribution in [0.1, 0.15) is 25.3 Å². The molecule has 0 spiro atoms. The number of anilines is 1. The fraction of sp³-hybridized carbons (Fsp3) is 0.467. The van der Waals surface area contributed by atoms with Gasteiger partial charge in [0.2, 0.25) is 5.91 Å². The quantitative estimate of drug-likeness (QED) is 0.871. The molecule has 1 saturated heterocycles. The first-order valence-electron chi connectivity index (χ1n) is 6.74. The highest BCUT2D eigenvalue weighted by molar-refractivity contribution is 5.93. The van der Waals surface area contributed by atoms with Gasteiger partial charge in [-0.15, -0.1) is 0 Å². The maximum Gasteiger partial charge on any atom is 0.238 e. The molecule has 0 bridgehead atoms. The average molecular weight is 273 g/mol. The third-order valence-electron chi connectivity index (χ3n) is 3.62. The summed E-state index contributed by atoms with van der Waals surface area (Å²) < 4.78 is 0. The van der Waals surface area contributed by atoms with Crippen molar-refractivity contribution in [3.63, 3.8) is 0 Å². The number of piperidine rings is 1. The summed E-state index contributed by atoms with van der Waals surface area (Å²) in [6.07, 6.45) is 1.35. The molecule has 0 unspecified atom stereocenters. The molecule has 2 N–H and O–H groups in total. The minimum atomic E-state index is -0.611. The molecule has 1 heterocycles. The Bertz CT molecular complexity index is 524. The first-order chi connectivity index (χ1) is 9.50. The van der Waals surface area contributed by atoms with E-state index in [0.29, 0.717) is 37.2 Å². The molecule has 5 nitrogen and oxygen atoms in total. The van der Waals surface area contributed by atoms with Gasteiger partial charge in [-0.2, -0.15) is 5.26 Å². The number of carbonyl (C=O) groups is 1. The van der Waals surface area contributed by atoms with E-state index < -0.39 is 5.60 Å². The van der Waals surface area contributed by atoms with Crippen LogP contribution >= 0.6 is 0 Å². The van der Waals surface area contributed by atoms with Crippen molar-refractivity contribution in [3.05, 3.63) is 29.8 Å². The van der Waals surface area contributed by atoms with E-state index in [4.69, 9.17) is 5.26 Å². The number of nitrogens with zero attached hydrogens (tertiary/aromatic N) is 2. The molecule has 0 aliphatic carbocycles. The fourth-order valence-electron chi connectivity index (χ4n) is 2.28. The molecule has 0 saturated carbocycles. The molecule has 1 fully saturated rings. The molecule has 20 heavy (non-hydrogen) atoms. The largest absolute Gasteiger partial charge is 0.390 e. The number of rotatable bonds is 3. The SMILES string of the molecule is CC1(O)CCN(CC(=O)Nc2ccccc2C#N)CC1. The molecular formula is C15H19N3O2. The van der Waals surface area contributed by atoms with Crippen LogP contribution in [0.5, 0.6) is 0 Å². The second kappa shape index (κ2) is 6.04. The van der Waals surface area contributed by atoms with E-state index in [-0.39, 0.29) is 12.5 Å². The van der Waals surface area contributed by atoms with Crippen LogP contribution in [-0.2, 0) is 4.79 Å². The predicted molar refractivity (Wildman–Crippen MR) is 76.1 cm³/mol. The third-order valence-corrected chi connectivity index (χ3v) is 3.62. The van der Waals surface area contributed by atoms with Crippen LogP contribution in [0.25, 0.3) is 0 Å². The normalized spacial score (nSPS) is 18.2. The van der Waals surface area contributed by atoms with Gasteiger partial charge in [-0.1, -0.05) is 12.1 Å². The average Bonchev–Trinajstić information content (AvgIpc) is 2.42. The lowest BCUT2D eigenvalue weighted by molar-refractivity contribution is -0.118. The summed E-state index contributed by atoms with van der Waals surface area (Å²) >= 11 is 0. The number of para-hydroxylation sites is 1. The maximum atomic E-state index is 12.0. The van der Waals surface area contributed by atoms with Crippen LogP contribution < -0.4 is 5.32 Å². The summed E-state index contributed by atoms with van der Waals surface area (Å²) in [5, 5.41) is 21.6. The Morgan fingerprint density at radius 2 is 2.10 bits per heavy atom. The van der Waals surface area contributed by atoms with Crippen LogP contribution in [0.3, 0.4) is 0 Å². The Morgan fingerprint density at radius 1 is 1.45 bits per heavy atom. The highest BCUT2D eigenvalue weighted by Crippen LogP contribution is 2.21. The van der Waals surface area contributed by atoms with Crippen molar-refractivity contribution in [2.75, 3.05) is 25.0 Å². The molecular weight excluding hydrogens is 254 g/mol. The second-order valence-corrected chi connectivity index (χ2v) is 5.48. The van der Waals surface area contributed by atoms with Gasteiger partial charge < -0.3 is 10.4 Å². The molecule has 1 aromatic rings. The molecule has 2 rings (SSSR count). The number of benzene rings is 1. The van der Waals surface area contributed by atoms with Crippen molar-refractivity contribution >= 4 is 11.6 Å². The second-order valence-electron chi connectivity index (χ2n) is 5.48. The Hall–Kier alpha value is -1.90. The number of aliphatic hydroxyl groups is 1. The molecule has 5 heteroatoms. The molecule has 1 aliphatic heterocycles. The van der Waals surface area contributed by atoms with Gasteiger partial charge in [-0.05, 0) is 31.9 Å². The lowest BCUT2D eigenvalue weighted by Gasteiger charge is -2.35. The molecule has 1 amide bonds. The Balaban J connectivity index is 1.89. The monoisotopic (exact) mass is 273 g/mol. The molecule has 1 aromatic carbocycles. The van der Waals surface area contributed by atoms with Gasteiger partial charge in [0.15, 0.2) is 0 Å². The summed E-state index contributed by atoms with van der Waals surface area (Å²) in [5.41, 5.74) is 0.395. The first kappa shape index (κ1) is 14.5. The molecule has 0 atom stereocenters. The van der Waals surface area contributed by atoms with Crippen LogP contribution in [0.15, 0.2) is 24.3 Å². The van der Waals surface area contributed by atoms with Crippen molar-refractivity contribution < 1.29 is 9.90 Å². The molecule has 106 valence electrons. The third kappa shape index (κ3) is 3.80. The van der Waals surface area contributed by atoms with E-state index in [1.54, 1.807) is 24.3 Å². The number of hydrogen-bond acceptors (Lipinski definition) is 4. The first-order valence-corrected chi connectivity index (χ1v) is 6.74. The Kier molecular flexibility index (Phi) is 4.38. The molecule has 0 radical (unpaired) electrons. The highest BCUT2D eigenvalue weighted by Gasteiger charge is 2.28. The van der Waals surface area contributed by atoms with Gasteiger partial charge in [0.1, 0.15) is 6.07 Å². The summed E-state index contributed by atoms with van der Waals surface area (Å²) in [7, 11) is 0. The van der Waals surface area contributed by atoms with E-state index in [2.05, 4.69) is 11.4 Å². The lowest BCUT2D eigenvalue weighted by atomic mass is 9.94. The summed E-state index contributed by atoms with van der Waals surface area (Å²) in [6.45, 7) is 3.53. The van der Waals surface area contributed by atoms with Crippen LogP contribution in [0, 0.1) is 11.3 Å².